The zero-order valence-electron chi connectivity index (χ0n) is 16.8. The zero-order valence-corrected chi connectivity index (χ0v) is 14.4. The topological polar surface area (TPSA) is 135 Å². The summed E-state index contributed by atoms with van der Waals surface area (Å²) in [5, 5.41) is 10.5. The lowest BCUT2D eigenvalue weighted by Gasteiger charge is -2.47. The van der Waals surface area contributed by atoms with E-state index in [1.54, 1.807) is 0 Å². The molecule has 11 heteroatoms. The summed E-state index contributed by atoms with van der Waals surface area (Å²) in [6, 6.07) is 0. The first-order valence-corrected chi connectivity index (χ1v) is 7.72. The Bertz CT molecular complexity index is 619. The third-order valence-corrected chi connectivity index (χ3v) is 3.73. The number of carbonyl (C=O) groups is 4. The van der Waals surface area contributed by atoms with Crippen molar-refractivity contribution >= 4 is 41.0 Å². The predicted molar refractivity (Wildman–Crippen MR) is 83.0 cm³/mol. The highest BCUT2D eigenvalue weighted by molar-refractivity contribution is 9.10. The van der Waals surface area contributed by atoms with Crippen LogP contribution in [0.4, 0.5) is 0 Å². The van der Waals surface area contributed by atoms with Crippen molar-refractivity contribution in [1.29, 1.82) is 0 Å². The number of hydrogen-bond acceptors (Lipinski definition) is 10. The monoisotopic (exact) mass is 430 g/mol. The van der Waals surface area contributed by atoms with Crippen molar-refractivity contribution in [1.82, 2.24) is 0 Å². The number of alkyl halides is 1. The summed E-state index contributed by atoms with van der Waals surface area (Å²) in [7, 11) is 0. The quantitative estimate of drug-likeness (QED) is 0.268. The summed E-state index contributed by atoms with van der Waals surface area (Å²) < 4.78 is 51.4. The first-order valence-electron chi connectivity index (χ1n) is 8.93. The second-order valence-corrected chi connectivity index (χ2v) is 5.78. The Morgan fingerprint density at radius 2 is 1.48 bits per heavy atom. The number of aldehydes is 4. The number of hydrogen-bond donors (Lipinski definition) is 1. The Morgan fingerprint density at radius 3 is 2.04 bits per heavy atom. The van der Waals surface area contributed by atoms with Crippen LogP contribution in [0.3, 0.4) is 0 Å². The molecule has 1 aliphatic rings. The SMILES string of the molecule is [2H]C(=O)COC[C@H]1OC(O)(Br)[C@H](OCC([2H])=O)[C@@H](OCC([2H])=O)[C@H]1OCC([2H])=O. The molecule has 0 aromatic rings. The van der Waals surface area contributed by atoms with Crippen LogP contribution in [0.5, 0.6) is 0 Å². The predicted octanol–water partition coefficient (Wildman–Crippen LogP) is -1.61. The van der Waals surface area contributed by atoms with Gasteiger partial charge in [-0.25, -0.2) is 0 Å². The van der Waals surface area contributed by atoms with Crippen molar-refractivity contribution in [2.45, 2.75) is 29.1 Å². The smallest absolute Gasteiger partial charge is 0.254 e. The van der Waals surface area contributed by atoms with Gasteiger partial charge in [0.25, 0.3) is 4.70 Å². The van der Waals surface area contributed by atoms with Gasteiger partial charge in [0.15, 0.2) is 6.10 Å². The van der Waals surface area contributed by atoms with Gasteiger partial charge in [-0.15, -0.1) is 0 Å². The van der Waals surface area contributed by atoms with Crippen LogP contribution >= 0.6 is 15.9 Å². The first-order chi connectivity index (χ1) is 13.4. The normalized spacial score (nSPS) is 34.3. The lowest BCUT2D eigenvalue weighted by Crippen LogP contribution is -2.65. The molecular formula is C14H19BrO10. The summed E-state index contributed by atoms with van der Waals surface area (Å²) >= 11 is 2.83. The molecule has 0 aromatic heterocycles. The lowest BCUT2D eigenvalue weighted by atomic mass is 9.98. The van der Waals surface area contributed by atoms with Gasteiger partial charge in [-0.3, -0.25) is 0 Å². The number of aliphatic hydroxyl groups is 1. The minimum absolute atomic E-state index is 0.436. The molecule has 5 atom stereocenters. The molecule has 1 rings (SSSR count). The van der Waals surface area contributed by atoms with Crippen LogP contribution in [-0.2, 0) is 42.9 Å². The van der Waals surface area contributed by atoms with Gasteiger partial charge in [-0.1, -0.05) is 0 Å². The molecule has 0 aliphatic carbocycles. The van der Waals surface area contributed by atoms with Crippen molar-refractivity contribution in [3.63, 3.8) is 0 Å². The van der Waals surface area contributed by atoms with Gasteiger partial charge in [0, 0.05) is 0 Å². The van der Waals surface area contributed by atoms with Gasteiger partial charge in [0.2, 0.25) is 0 Å². The minimum Gasteiger partial charge on any atom is -0.371 e. The molecule has 1 aliphatic heterocycles. The second kappa shape index (κ2) is 11.5. The van der Waals surface area contributed by atoms with E-state index in [2.05, 4.69) is 15.9 Å². The average molecular weight is 431 g/mol. The molecule has 10 nitrogen and oxygen atoms in total. The van der Waals surface area contributed by atoms with E-state index in [-0.39, 0.29) is 0 Å². The van der Waals surface area contributed by atoms with Crippen molar-refractivity contribution in [3.8, 4) is 0 Å². The molecule has 25 heavy (non-hydrogen) atoms. The third kappa shape index (κ3) is 6.62. The molecule has 1 saturated heterocycles. The van der Waals surface area contributed by atoms with E-state index in [9.17, 15) is 24.3 Å². The van der Waals surface area contributed by atoms with Crippen LogP contribution in [0, 0.1) is 0 Å². The maximum Gasteiger partial charge on any atom is 0.254 e. The number of rotatable bonds is 13. The summed E-state index contributed by atoms with van der Waals surface area (Å²) in [6.45, 7) is -3.38. The highest BCUT2D eigenvalue weighted by atomic mass is 79.9. The van der Waals surface area contributed by atoms with Crippen LogP contribution in [0.2, 0.25) is 0 Å². The Labute approximate surface area is 157 Å². The Kier molecular flexibility index (Phi) is 7.43. The summed E-state index contributed by atoms with van der Waals surface area (Å²) in [5.74, 6) is 0. The van der Waals surface area contributed by atoms with E-state index >= 15 is 0 Å². The Hall–Kier alpha value is -1.08. The summed E-state index contributed by atoms with van der Waals surface area (Å²) in [5.41, 5.74) is 0. The van der Waals surface area contributed by atoms with Gasteiger partial charge in [0.05, 0.1) is 6.61 Å². The first kappa shape index (κ1) is 16.1. The fourth-order valence-corrected chi connectivity index (χ4v) is 2.88. The maximum absolute atomic E-state index is 11.0. The third-order valence-electron chi connectivity index (χ3n) is 3.09. The van der Waals surface area contributed by atoms with E-state index in [1.807, 2.05) is 0 Å². The molecule has 0 aromatic carbocycles. The molecule has 0 bridgehead atoms. The number of halogens is 1. The number of carbonyl (C=O) groups excluding carboxylic acids is 4. The average Bonchev–Trinajstić information content (AvgIpc) is 2.56. The molecule has 1 unspecified atom stereocenters. The molecule has 1 fully saturated rings. The molecule has 0 amide bonds. The fourth-order valence-electron chi connectivity index (χ4n) is 2.24. The van der Waals surface area contributed by atoms with Crippen LogP contribution in [0.1, 0.15) is 5.48 Å². The second-order valence-electron chi connectivity index (χ2n) is 4.64. The highest BCUT2D eigenvalue weighted by Gasteiger charge is 2.55. The van der Waals surface area contributed by atoms with Crippen LogP contribution in [-0.4, -0.2) is 92.3 Å². The van der Waals surface area contributed by atoms with Crippen molar-refractivity contribution < 1.29 is 53.5 Å². The van der Waals surface area contributed by atoms with E-state index in [0.29, 0.717) is 0 Å². The highest BCUT2D eigenvalue weighted by Crippen LogP contribution is 2.37. The molecule has 1 N–H and O–H groups in total. The fraction of sp³-hybridized carbons (Fsp3) is 0.714. The summed E-state index contributed by atoms with van der Waals surface area (Å²) in [4.78, 5) is 43.7. The molecule has 0 spiro atoms. The van der Waals surface area contributed by atoms with E-state index in [0.717, 1.165) is 0 Å². The standard InChI is InChI=1S/C14H19BrO10/c15-14(20)13(24-8-4-19)12(23-7-3-18)11(22-6-2-17)10(25-14)9-21-5-1-16/h1-4,10-13,20H,5-9H2/t10-,11+,12+,13-,14?/m1/s1/i1D,2D,3D,4D. The van der Waals surface area contributed by atoms with E-state index < -0.39 is 87.2 Å². The van der Waals surface area contributed by atoms with Crippen LogP contribution < -0.4 is 0 Å². The van der Waals surface area contributed by atoms with Crippen LogP contribution in [0.25, 0.3) is 0 Å². The van der Waals surface area contributed by atoms with Gasteiger partial charge >= 0.3 is 0 Å². The Morgan fingerprint density at radius 1 is 0.960 bits per heavy atom. The Balaban J connectivity index is 3.15. The van der Waals surface area contributed by atoms with Gasteiger partial charge in [0.1, 0.15) is 75.3 Å². The number of ether oxygens (including phenoxy) is 5. The van der Waals surface area contributed by atoms with E-state index in [4.69, 9.17) is 29.2 Å². The zero-order chi connectivity index (χ0) is 22.2. The maximum atomic E-state index is 11.0. The largest absolute Gasteiger partial charge is 0.371 e. The van der Waals surface area contributed by atoms with E-state index in [1.165, 1.54) is 0 Å². The molecule has 0 radical (unpaired) electrons. The van der Waals surface area contributed by atoms with Crippen molar-refractivity contribution in [2.75, 3.05) is 33.0 Å². The van der Waals surface area contributed by atoms with Gasteiger partial charge in [-0.05, 0) is 15.9 Å². The molecule has 0 saturated carbocycles. The summed E-state index contributed by atoms with van der Waals surface area (Å²) in [6.07, 6.45) is -10.0. The van der Waals surface area contributed by atoms with Crippen LogP contribution in [0.15, 0.2) is 0 Å². The molecular weight excluding hydrogens is 408 g/mol. The van der Waals surface area contributed by atoms with Crippen molar-refractivity contribution in [2.24, 2.45) is 0 Å². The molecule has 142 valence electrons. The van der Waals surface area contributed by atoms with Gasteiger partial charge in [-0.2, -0.15) is 0 Å². The van der Waals surface area contributed by atoms with Gasteiger partial charge < -0.3 is 48.0 Å². The van der Waals surface area contributed by atoms with Crippen molar-refractivity contribution in [3.05, 3.63) is 0 Å². The minimum atomic E-state index is -2.35. The lowest BCUT2D eigenvalue weighted by molar-refractivity contribution is -0.320. The molecule has 1 heterocycles.